The van der Waals surface area contributed by atoms with Gasteiger partial charge in [0.1, 0.15) is 0 Å². The van der Waals surface area contributed by atoms with E-state index in [-0.39, 0.29) is 5.91 Å². The Bertz CT molecular complexity index is 468. The molecule has 1 aromatic rings. The highest BCUT2D eigenvalue weighted by atomic mass is 16.1. The van der Waals surface area contributed by atoms with E-state index in [0.29, 0.717) is 18.1 Å². The van der Waals surface area contributed by atoms with Crippen LogP contribution in [0.3, 0.4) is 0 Å². The van der Waals surface area contributed by atoms with Gasteiger partial charge in [-0.25, -0.2) is 0 Å². The quantitative estimate of drug-likeness (QED) is 0.898. The van der Waals surface area contributed by atoms with E-state index in [0.717, 1.165) is 18.4 Å². The second-order valence-corrected chi connectivity index (χ2v) is 6.41. The van der Waals surface area contributed by atoms with Crippen molar-refractivity contribution < 1.29 is 4.79 Å². The molecule has 0 radical (unpaired) electrons. The standard InChI is InChI=1S/C17H24N2O/c1-12-6-8-13(9-7-12)17(20)18-14-10-15-4-3-5-16(11-14)19(15)2/h6-9,14-16H,3-5,10-11H2,1-2H3,(H,18,20). The molecule has 3 rings (SSSR count). The molecule has 2 aliphatic rings. The summed E-state index contributed by atoms with van der Waals surface area (Å²) in [5, 5.41) is 3.24. The molecule has 0 spiro atoms. The lowest BCUT2D eigenvalue weighted by atomic mass is 9.82. The van der Waals surface area contributed by atoms with Gasteiger partial charge < -0.3 is 10.2 Å². The predicted octanol–water partition coefficient (Wildman–Crippen LogP) is 2.74. The fourth-order valence-electron chi connectivity index (χ4n) is 3.71. The summed E-state index contributed by atoms with van der Waals surface area (Å²) in [7, 11) is 2.24. The molecule has 3 nitrogen and oxygen atoms in total. The third-order valence-corrected chi connectivity index (χ3v) is 4.99. The third kappa shape index (κ3) is 2.73. The van der Waals surface area contributed by atoms with Crippen molar-refractivity contribution in [2.24, 2.45) is 0 Å². The van der Waals surface area contributed by atoms with Crippen molar-refractivity contribution in [2.75, 3.05) is 7.05 Å². The second-order valence-electron chi connectivity index (χ2n) is 6.41. The van der Waals surface area contributed by atoms with Gasteiger partial charge in [0.2, 0.25) is 0 Å². The Labute approximate surface area is 121 Å². The molecule has 3 heteroatoms. The van der Waals surface area contributed by atoms with Gasteiger partial charge in [-0.15, -0.1) is 0 Å². The van der Waals surface area contributed by atoms with Gasteiger partial charge >= 0.3 is 0 Å². The number of rotatable bonds is 2. The first kappa shape index (κ1) is 13.6. The van der Waals surface area contributed by atoms with Gasteiger partial charge in [0.15, 0.2) is 0 Å². The zero-order valence-corrected chi connectivity index (χ0v) is 12.4. The van der Waals surface area contributed by atoms with Crippen LogP contribution in [0.2, 0.25) is 0 Å². The number of piperidine rings is 2. The molecule has 2 unspecified atom stereocenters. The molecular formula is C17H24N2O. The molecule has 0 aliphatic carbocycles. The largest absolute Gasteiger partial charge is 0.349 e. The lowest BCUT2D eigenvalue weighted by Gasteiger charge is -2.47. The SMILES string of the molecule is Cc1ccc(C(=O)NC2CC3CCCC(C2)N3C)cc1. The van der Waals surface area contributed by atoms with E-state index >= 15 is 0 Å². The fraction of sp³-hybridized carbons (Fsp3) is 0.588. The molecule has 0 saturated carbocycles. The summed E-state index contributed by atoms with van der Waals surface area (Å²) in [4.78, 5) is 14.8. The van der Waals surface area contributed by atoms with Crippen LogP contribution in [-0.2, 0) is 0 Å². The minimum atomic E-state index is 0.0811. The van der Waals surface area contributed by atoms with Gasteiger partial charge in [0, 0.05) is 23.7 Å². The average Bonchev–Trinajstić information content (AvgIpc) is 2.40. The summed E-state index contributed by atoms with van der Waals surface area (Å²) in [6, 6.07) is 9.49. The third-order valence-electron chi connectivity index (χ3n) is 4.99. The van der Waals surface area contributed by atoms with Crippen molar-refractivity contribution >= 4 is 5.91 Å². The average molecular weight is 272 g/mol. The molecule has 1 amide bonds. The van der Waals surface area contributed by atoms with Crippen molar-refractivity contribution in [1.82, 2.24) is 10.2 Å². The Kier molecular flexibility index (Phi) is 3.79. The smallest absolute Gasteiger partial charge is 0.251 e. The van der Waals surface area contributed by atoms with Gasteiger partial charge in [-0.2, -0.15) is 0 Å². The molecule has 1 N–H and O–H groups in total. The lowest BCUT2D eigenvalue weighted by molar-refractivity contribution is 0.0463. The number of carbonyl (C=O) groups excluding carboxylic acids is 1. The molecule has 2 aliphatic heterocycles. The van der Waals surface area contributed by atoms with Crippen LogP contribution in [0.1, 0.15) is 48.0 Å². The summed E-state index contributed by atoms with van der Waals surface area (Å²) in [6.07, 6.45) is 6.11. The van der Waals surface area contributed by atoms with Gasteiger partial charge in [0.05, 0.1) is 0 Å². The first-order valence-corrected chi connectivity index (χ1v) is 7.73. The summed E-state index contributed by atoms with van der Waals surface area (Å²) >= 11 is 0. The van der Waals surface area contributed by atoms with Crippen LogP contribution >= 0.6 is 0 Å². The van der Waals surface area contributed by atoms with Crippen LogP contribution in [-0.4, -0.2) is 36.0 Å². The number of nitrogens with zero attached hydrogens (tertiary/aromatic N) is 1. The number of amides is 1. The van der Waals surface area contributed by atoms with Crippen molar-refractivity contribution in [2.45, 2.75) is 57.2 Å². The second kappa shape index (κ2) is 5.57. The van der Waals surface area contributed by atoms with Gasteiger partial charge in [-0.05, 0) is 51.8 Å². The van der Waals surface area contributed by atoms with E-state index in [9.17, 15) is 4.79 Å². The molecular weight excluding hydrogens is 248 g/mol. The van der Waals surface area contributed by atoms with E-state index in [2.05, 4.69) is 17.3 Å². The molecule has 0 aromatic heterocycles. The van der Waals surface area contributed by atoms with Crippen LogP contribution in [0.15, 0.2) is 24.3 Å². The number of fused-ring (bicyclic) bond motifs is 2. The maximum atomic E-state index is 12.3. The Morgan fingerprint density at radius 2 is 1.75 bits per heavy atom. The number of hydrogen-bond acceptors (Lipinski definition) is 2. The molecule has 108 valence electrons. The van der Waals surface area contributed by atoms with Crippen LogP contribution in [0, 0.1) is 6.92 Å². The fourth-order valence-corrected chi connectivity index (χ4v) is 3.71. The maximum Gasteiger partial charge on any atom is 0.251 e. The van der Waals surface area contributed by atoms with E-state index in [1.165, 1.54) is 24.8 Å². The predicted molar refractivity (Wildman–Crippen MR) is 80.9 cm³/mol. The Morgan fingerprint density at radius 1 is 1.15 bits per heavy atom. The topological polar surface area (TPSA) is 32.3 Å². The molecule has 1 aromatic carbocycles. The van der Waals surface area contributed by atoms with Crippen LogP contribution in [0.25, 0.3) is 0 Å². The molecule has 20 heavy (non-hydrogen) atoms. The molecule has 2 atom stereocenters. The van der Waals surface area contributed by atoms with Crippen molar-refractivity contribution in [3.05, 3.63) is 35.4 Å². The number of nitrogens with one attached hydrogen (secondary N) is 1. The van der Waals surface area contributed by atoms with Crippen molar-refractivity contribution in [3.8, 4) is 0 Å². The minimum absolute atomic E-state index is 0.0811. The lowest BCUT2D eigenvalue weighted by Crippen LogP contribution is -2.55. The monoisotopic (exact) mass is 272 g/mol. The minimum Gasteiger partial charge on any atom is -0.349 e. The van der Waals surface area contributed by atoms with Gasteiger partial charge in [-0.1, -0.05) is 24.1 Å². The van der Waals surface area contributed by atoms with Crippen LogP contribution in [0.5, 0.6) is 0 Å². The molecule has 2 heterocycles. The van der Waals surface area contributed by atoms with Crippen LogP contribution in [0.4, 0.5) is 0 Å². The van der Waals surface area contributed by atoms with Crippen molar-refractivity contribution in [1.29, 1.82) is 0 Å². The first-order chi connectivity index (χ1) is 9.63. The Morgan fingerprint density at radius 3 is 2.35 bits per heavy atom. The van der Waals surface area contributed by atoms with Gasteiger partial charge in [-0.3, -0.25) is 4.79 Å². The highest BCUT2D eigenvalue weighted by molar-refractivity contribution is 5.94. The Hall–Kier alpha value is -1.35. The first-order valence-electron chi connectivity index (χ1n) is 7.73. The highest BCUT2D eigenvalue weighted by Crippen LogP contribution is 2.32. The number of benzene rings is 1. The Balaban J connectivity index is 1.63. The summed E-state index contributed by atoms with van der Waals surface area (Å²) in [5.74, 6) is 0.0811. The molecule has 2 saturated heterocycles. The van der Waals surface area contributed by atoms with E-state index < -0.39 is 0 Å². The maximum absolute atomic E-state index is 12.3. The summed E-state index contributed by atoms with van der Waals surface area (Å²) < 4.78 is 0. The summed E-state index contributed by atoms with van der Waals surface area (Å²) in [5.41, 5.74) is 1.97. The normalized spacial score (nSPS) is 30.0. The zero-order valence-electron chi connectivity index (χ0n) is 12.4. The zero-order chi connectivity index (χ0) is 14.1. The summed E-state index contributed by atoms with van der Waals surface area (Å²) in [6.45, 7) is 2.04. The molecule has 2 fully saturated rings. The number of aryl methyl sites for hydroxylation is 1. The number of hydrogen-bond donors (Lipinski definition) is 1. The van der Waals surface area contributed by atoms with Crippen molar-refractivity contribution in [3.63, 3.8) is 0 Å². The van der Waals surface area contributed by atoms with Gasteiger partial charge in [0.25, 0.3) is 5.91 Å². The van der Waals surface area contributed by atoms with E-state index in [1.807, 2.05) is 31.2 Å². The number of carbonyl (C=O) groups is 1. The van der Waals surface area contributed by atoms with E-state index in [1.54, 1.807) is 0 Å². The van der Waals surface area contributed by atoms with E-state index in [4.69, 9.17) is 0 Å². The van der Waals surface area contributed by atoms with Crippen LogP contribution < -0.4 is 5.32 Å². The highest BCUT2D eigenvalue weighted by Gasteiger charge is 2.36. The molecule has 2 bridgehead atoms.